The number of amides is 1. The molecule has 2 heterocycles. The quantitative estimate of drug-likeness (QED) is 0.725. The topological polar surface area (TPSA) is 51.0 Å². The van der Waals surface area contributed by atoms with Crippen molar-refractivity contribution in [2.45, 2.75) is 12.5 Å². The third-order valence-corrected chi connectivity index (χ3v) is 4.62. The summed E-state index contributed by atoms with van der Waals surface area (Å²) in [6.45, 7) is 1.00. The lowest BCUT2D eigenvalue weighted by Gasteiger charge is -2.18. The molecule has 0 unspecified atom stereocenters. The molecule has 0 spiro atoms. The van der Waals surface area contributed by atoms with Crippen molar-refractivity contribution in [3.8, 4) is 11.4 Å². The number of likely N-dealkylation sites (tertiary alicyclic amines) is 1. The lowest BCUT2D eigenvalue weighted by Crippen LogP contribution is -2.29. The van der Waals surface area contributed by atoms with Crippen LogP contribution in [0.4, 0.5) is 8.78 Å². The Hall–Kier alpha value is -3.09. The molecule has 0 saturated carbocycles. The fourth-order valence-electron chi connectivity index (χ4n) is 3.27. The van der Waals surface area contributed by atoms with Gasteiger partial charge in [-0.05, 0) is 24.6 Å². The molecule has 4 rings (SSSR count). The fraction of sp³-hybridized carbons (Fsp3) is 0.211. The van der Waals surface area contributed by atoms with E-state index in [1.807, 2.05) is 34.9 Å². The predicted octanol–water partition coefficient (Wildman–Crippen LogP) is 3.31. The number of hydrogen-bond acceptors (Lipinski definition) is 3. The van der Waals surface area contributed by atoms with E-state index in [-0.39, 0.29) is 17.5 Å². The van der Waals surface area contributed by atoms with Gasteiger partial charge in [-0.15, -0.1) is 10.2 Å². The lowest BCUT2D eigenvalue weighted by molar-refractivity contribution is 0.0787. The van der Waals surface area contributed by atoms with E-state index in [9.17, 15) is 13.6 Å². The second-order valence-electron chi connectivity index (χ2n) is 6.25. The van der Waals surface area contributed by atoms with Gasteiger partial charge in [0, 0.05) is 24.2 Å². The summed E-state index contributed by atoms with van der Waals surface area (Å²) in [6, 6.07) is 13.0. The van der Waals surface area contributed by atoms with Gasteiger partial charge in [-0.25, -0.2) is 8.78 Å². The van der Waals surface area contributed by atoms with Crippen molar-refractivity contribution in [2.75, 3.05) is 13.1 Å². The van der Waals surface area contributed by atoms with Crippen LogP contribution in [-0.2, 0) is 0 Å². The van der Waals surface area contributed by atoms with Crippen LogP contribution in [-0.4, -0.2) is 38.7 Å². The number of carbonyl (C=O) groups is 1. The predicted molar refractivity (Wildman–Crippen MR) is 91.4 cm³/mol. The summed E-state index contributed by atoms with van der Waals surface area (Å²) in [7, 11) is 0. The van der Waals surface area contributed by atoms with Crippen molar-refractivity contribution in [3.05, 3.63) is 72.1 Å². The minimum Gasteiger partial charge on any atom is -0.336 e. The first-order valence-electron chi connectivity index (χ1n) is 8.33. The minimum absolute atomic E-state index is 0.0365. The Labute approximate surface area is 148 Å². The van der Waals surface area contributed by atoms with Gasteiger partial charge in [0.25, 0.3) is 5.91 Å². The number of benzene rings is 2. The Morgan fingerprint density at radius 3 is 2.65 bits per heavy atom. The van der Waals surface area contributed by atoms with Crippen LogP contribution in [0.2, 0.25) is 0 Å². The largest absolute Gasteiger partial charge is 0.336 e. The SMILES string of the molecule is O=C(c1ccc(F)c(F)c1)N1CC[C@H](n2cnnc2-c2ccccc2)C1. The first kappa shape index (κ1) is 16.4. The average molecular weight is 354 g/mol. The van der Waals surface area contributed by atoms with E-state index in [0.29, 0.717) is 13.1 Å². The zero-order valence-corrected chi connectivity index (χ0v) is 13.8. The molecule has 0 radical (unpaired) electrons. The van der Waals surface area contributed by atoms with Gasteiger partial charge < -0.3 is 9.47 Å². The lowest BCUT2D eigenvalue weighted by atomic mass is 10.2. The van der Waals surface area contributed by atoms with Gasteiger partial charge in [0.1, 0.15) is 6.33 Å². The van der Waals surface area contributed by atoms with E-state index >= 15 is 0 Å². The van der Waals surface area contributed by atoms with Crippen LogP contribution in [0.1, 0.15) is 22.8 Å². The number of nitrogens with zero attached hydrogens (tertiary/aromatic N) is 4. The molecule has 1 saturated heterocycles. The van der Waals surface area contributed by atoms with Gasteiger partial charge in [-0.3, -0.25) is 4.79 Å². The first-order chi connectivity index (χ1) is 12.6. The van der Waals surface area contributed by atoms with Gasteiger partial charge in [-0.1, -0.05) is 30.3 Å². The van der Waals surface area contributed by atoms with E-state index in [1.54, 1.807) is 11.2 Å². The first-order valence-corrected chi connectivity index (χ1v) is 8.33. The second kappa shape index (κ2) is 6.67. The van der Waals surface area contributed by atoms with Crippen LogP contribution in [0.25, 0.3) is 11.4 Å². The Morgan fingerprint density at radius 1 is 1.08 bits per heavy atom. The molecule has 0 aliphatic carbocycles. The molecule has 1 aliphatic heterocycles. The fourth-order valence-corrected chi connectivity index (χ4v) is 3.27. The molecule has 2 aromatic carbocycles. The summed E-state index contributed by atoms with van der Waals surface area (Å²) < 4.78 is 28.4. The van der Waals surface area contributed by atoms with Crippen molar-refractivity contribution < 1.29 is 13.6 Å². The third-order valence-electron chi connectivity index (χ3n) is 4.62. The zero-order valence-electron chi connectivity index (χ0n) is 13.8. The van der Waals surface area contributed by atoms with Crippen LogP contribution < -0.4 is 0 Å². The standard InChI is InChI=1S/C19H16F2N4O/c20-16-7-6-14(10-17(16)21)19(26)24-9-8-15(11-24)25-12-22-23-18(25)13-4-2-1-3-5-13/h1-7,10,12,15H,8-9,11H2/t15-/m0/s1. The number of carbonyl (C=O) groups excluding carboxylic acids is 1. The normalized spacial score (nSPS) is 16.8. The van der Waals surface area contributed by atoms with Crippen LogP contribution in [0.3, 0.4) is 0 Å². The summed E-state index contributed by atoms with van der Waals surface area (Å²) in [5, 5.41) is 8.21. The number of hydrogen-bond donors (Lipinski definition) is 0. The molecule has 1 atom stereocenters. The molecule has 132 valence electrons. The van der Waals surface area contributed by atoms with E-state index < -0.39 is 11.6 Å². The molecule has 7 heteroatoms. The molecule has 1 amide bonds. The number of rotatable bonds is 3. The molecule has 3 aromatic rings. The maximum atomic E-state index is 13.4. The Bertz CT molecular complexity index is 942. The maximum Gasteiger partial charge on any atom is 0.254 e. The number of halogens is 2. The maximum absolute atomic E-state index is 13.4. The van der Waals surface area contributed by atoms with Gasteiger partial charge in [-0.2, -0.15) is 0 Å². The van der Waals surface area contributed by atoms with Crippen LogP contribution in [0.5, 0.6) is 0 Å². The monoisotopic (exact) mass is 354 g/mol. The van der Waals surface area contributed by atoms with Crippen molar-refractivity contribution in [2.24, 2.45) is 0 Å². The Morgan fingerprint density at radius 2 is 1.88 bits per heavy atom. The summed E-state index contributed by atoms with van der Waals surface area (Å²) >= 11 is 0. The average Bonchev–Trinajstić information content (AvgIpc) is 3.33. The highest BCUT2D eigenvalue weighted by atomic mass is 19.2. The van der Waals surface area contributed by atoms with Crippen molar-refractivity contribution in [3.63, 3.8) is 0 Å². The molecule has 0 N–H and O–H groups in total. The highest BCUT2D eigenvalue weighted by Gasteiger charge is 2.30. The van der Waals surface area contributed by atoms with E-state index in [0.717, 1.165) is 29.9 Å². The van der Waals surface area contributed by atoms with Crippen molar-refractivity contribution in [1.82, 2.24) is 19.7 Å². The molecule has 0 bridgehead atoms. The Kier molecular flexibility index (Phi) is 4.20. The molecule has 1 aromatic heterocycles. The Balaban J connectivity index is 1.54. The molecule has 1 fully saturated rings. The third kappa shape index (κ3) is 2.96. The second-order valence-corrected chi connectivity index (χ2v) is 6.25. The molecular weight excluding hydrogens is 338 g/mol. The summed E-state index contributed by atoms with van der Waals surface area (Å²) in [5.74, 6) is -1.53. The number of aromatic nitrogens is 3. The highest BCUT2D eigenvalue weighted by molar-refractivity contribution is 5.94. The van der Waals surface area contributed by atoms with Gasteiger partial charge in [0.2, 0.25) is 0 Å². The molecule has 5 nitrogen and oxygen atoms in total. The van der Waals surface area contributed by atoms with E-state index in [2.05, 4.69) is 10.2 Å². The van der Waals surface area contributed by atoms with Crippen LogP contribution >= 0.6 is 0 Å². The summed E-state index contributed by atoms with van der Waals surface area (Å²) in [4.78, 5) is 14.2. The molecular formula is C19H16F2N4O. The van der Waals surface area contributed by atoms with Crippen molar-refractivity contribution >= 4 is 5.91 Å². The summed E-state index contributed by atoms with van der Waals surface area (Å²) in [5.41, 5.74) is 1.10. The summed E-state index contributed by atoms with van der Waals surface area (Å²) in [6.07, 6.45) is 2.41. The van der Waals surface area contributed by atoms with Gasteiger partial charge in [0.15, 0.2) is 17.5 Å². The van der Waals surface area contributed by atoms with Crippen molar-refractivity contribution in [1.29, 1.82) is 0 Å². The van der Waals surface area contributed by atoms with Crippen LogP contribution in [0, 0.1) is 11.6 Å². The smallest absolute Gasteiger partial charge is 0.254 e. The minimum atomic E-state index is -1.02. The molecule has 1 aliphatic rings. The molecule has 26 heavy (non-hydrogen) atoms. The van der Waals surface area contributed by atoms with E-state index in [1.165, 1.54) is 6.07 Å². The zero-order chi connectivity index (χ0) is 18.1. The van der Waals surface area contributed by atoms with Gasteiger partial charge >= 0.3 is 0 Å². The van der Waals surface area contributed by atoms with E-state index in [4.69, 9.17) is 0 Å². The highest BCUT2D eigenvalue weighted by Crippen LogP contribution is 2.28. The van der Waals surface area contributed by atoms with Gasteiger partial charge in [0.05, 0.1) is 6.04 Å². The van der Waals surface area contributed by atoms with Crippen LogP contribution in [0.15, 0.2) is 54.9 Å².